The number of carbonyl (C=O) groups excluding carboxylic acids is 1. The number of fused-ring (bicyclic) bond motifs is 1. The second kappa shape index (κ2) is 5.27. The number of pyridine rings is 1. The lowest BCUT2D eigenvalue weighted by Gasteiger charge is -2.13. The van der Waals surface area contributed by atoms with Gasteiger partial charge < -0.3 is 5.11 Å². The van der Waals surface area contributed by atoms with Crippen molar-refractivity contribution < 1.29 is 14.5 Å². The van der Waals surface area contributed by atoms with Crippen LogP contribution < -0.4 is 15.2 Å². The largest absolute Gasteiger partial charge is 0.842 e. The number of rotatable bonds is 3. The molecule has 21 heavy (non-hydrogen) atoms. The van der Waals surface area contributed by atoms with Crippen LogP contribution in [0.1, 0.15) is 15.2 Å². The highest BCUT2D eigenvalue weighted by molar-refractivity contribution is 7.15. The topological polar surface area (TPSA) is 78.4 Å². The molecule has 106 valence electrons. The van der Waals surface area contributed by atoms with Gasteiger partial charge >= 0.3 is 5.56 Å². The molecule has 3 aromatic heterocycles. The van der Waals surface area contributed by atoms with E-state index in [2.05, 4.69) is 4.98 Å². The molecule has 0 aliphatic rings. The SMILES string of the molecule is O=Cc1c([O-])[n+](Cc2cnc(Cl)s2)c2ccccn2c1=O. The molecule has 0 radical (unpaired) electrons. The number of aromatic nitrogens is 3. The lowest BCUT2D eigenvalue weighted by molar-refractivity contribution is -0.708. The molecular weight excluding hydrogens is 314 g/mol. The van der Waals surface area contributed by atoms with Crippen LogP contribution >= 0.6 is 22.9 Å². The zero-order valence-corrected chi connectivity index (χ0v) is 12.1. The third-order valence-electron chi connectivity index (χ3n) is 3.00. The van der Waals surface area contributed by atoms with Gasteiger partial charge in [0, 0.05) is 12.3 Å². The van der Waals surface area contributed by atoms with Gasteiger partial charge in [-0.15, -0.1) is 11.3 Å². The second-order valence-corrected chi connectivity index (χ2v) is 5.93. The van der Waals surface area contributed by atoms with E-state index in [4.69, 9.17) is 11.6 Å². The second-order valence-electron chi connectivity index (χ2n) is 4.24. The van der Waals surface area contributed by atoms with E-state index in [0.717, 1.165) is 4.88 Å². The van der Waals surface area contributed by atoms with Crippen LogP contribution in [-0.2, 0) is 6.54 Å². The van der Waals surface area contributed by atoms with Crippen LogP contribution in [0.25, 0.3) is 5.65 Å². The number of carbonyl (C=O) groups is 1. The van der Waals surface area contributed by atoms with Gasteiger partial charge in [0.25, 0.3) is 5.65 Å². The van der Waals surface area contributed by atoms with Gasteiger partial charge in [0.1, 0.15) is 12.1 Å². The monoisotopic (exact) mass is 321 g/mol. The molecule has 0 aliphatic carbocycles. The van der Waals surface area contributed by atoms with Crippen LogP contribution in [-0.4, -0.2) is 15.7 Å². The first-order valence-corrected chi connectivity index (χ1v) is 7.11. The summed E-state index contributed by atoms with van der Waals surface area (Å²) in [5.41, 5.74) is -0.610. The first kappa shape index (κ1) is 13.7. The molecule has 3 rings (SSSR count). The molecular formula is C13H8ClN3O3S. The van der Waals surface area contributed by atoms with Crippen molar-refractivity contribution in [1.29, 1.82) is 0 Å². The highest BCUT2D eigenvalue weighted by Gasteiger charge is 2.18. The van der Waals surface area contributed by atoms with Crippen LogP contribution in [0.5, 0.6) is 5.88 Å². The van der Waals surface area contributed by atoms with Gasteiger partial charge in [-0.05, 0) is 6.07 Å². The fourth-order valence-electron chi connectivity index (χ4n) is 2.06. The zero-order chi connectivity index (χ0) is 15.0. The van der Waals surface area contributed by atoms with Crippen LogP contribution in [0.2, 0.25) is 4.47 Å². The van der Waals surface area contributed by atoms with Crippen LogP contribution in [0.15, 0.2) is 35.4 Å². The van der Waals surface area contributed by atoms with Crippen molar-refractivity contribution in [3.05, 3.63) is 55.9 Å². The van der Waals surface area contributed by atoms with E-state index in [1.165, 1.54) is 26.5 Å². The molecule has 0 aliphatic heterocycles. The van der Waals surface area contributed by atoms with Gasteiger partial charge in [-0.25, -0.2) is 14.3 Å². The summed E-state index contributed by atoms with van der Waals surface area (Å²) in [4.78, 5) is 27.8. The normalized spacial score (nSPS) is 10.9. The van der Waals surface area contributed by atoms with Crippen LogP contribution in [0.4, 0.5) is 0 Å². The average molecular weight is 322 g/mol. The molecule has 0 saturated heterocycles. The first-order valence-electron chi connectivity index (χ1n) is 5.91. The van der Waals surface area contributed by atoms with Crippen molar-refractivity contribution >= 4 is 34.9 Å². The minimum Gasteiger partial charge on any atom is -0.842 e. The Morgan fingerprint density at radius 3 is 2.95 bits per heavy atom. The Bertz CT molecular complexity index is 903. The minimum absolute atomic E-state index is 0.192. The molecule has 0 atom stereocenters. The smallest absolute Gasteiger partial charge is 0.352 e. The van der Waals surface area contributed by atoms with E-state index in [0.29, 0.717) is 16.4 Å². The Hall–Kier alpha value is -2.25. The Labute approximate surface area is 127 Å². The average Bonchev–Trinajstić information content (AvgIpc) is 2.89. The minimum atomic E-state index is -0.621. The number of hydrogen-bond donors (Lipinski definition) is 0. The Morgan fingerprint density at radius 1 is 1.48 bits per heavy atom. The molecule has 0 spiro atoms. The number of halogens is 1. The van der Waals surface area contributed by atoms with Gasteiger partial charge in [-0.3, -0.25) is 4.79 Å². The van der Waals surface area contributed by atoms with Gasteiger partial charge in [-0.2, -0.15) is 4.40 Å². The number of aldehydes is 1. The quantitative estimate of drug-likeness (QED) is 0.523. The predicted molar refractivity (Wildman–Crippen MR) is 74.9 cm³/mol. The Morgan fingerprint density at radius 2 is 2.29 bits per heavy atom. The molecule has 0 unspecified atom stereocenters. The summed E-state index contributed by atoms with van der Waals surface area (Å²) in [5, 5.41) is 12.3. The molecule has 0 aromatic carbocycles. The molecule has 3 heterocycles. The molecule has 0 amide bonds. The van der Waals surface area contributed by atoms with Crippen molar-refractivity contribution in [2.45, 2.75) is 6.54 Å². The fourth-order valence-corrected chi connectivity index (χ4v) is 3.03. The molecule has 6 nitrogen and oxygen atoms in total. The fraction of sp³-hybridized carbons (Fsp3) is 0.0769. The molecule has 0 saturated carbocycles. The summed E-state index contributed by atoms with van der Waals surface area (Å²) in [6, 6.07) is 5.01. The van der Waals surface area contributed by atoms with Gasteiger partial charge in [-0.1, -0.05) is 17.7 Å². The van der Waals surface area contributed by atoms with Crippen molar-refractivity contribution in [3.63, 3.8) is 0 Å². The van der Waals surface area contributed by atoms with Gasteiger partial charge in [0.15, 0.2) is 10.8 Å². The highest BCUT2D eigenvalue weighted by Crippen LogP contribution is 2.18. The Balaban J connectivity index is 2.30. The zero-order valence-electron chi connectivity index (χ0n) is 10.5. The predicted octanol–water partition coefficient (Wildman–Crippen LogP) is 0.631. The van der Waals surface area contributed by atoms with Crippen LogP contribution in [0.3, 0.4) is 0 Å². The standard InChI is InChI=1S/C13H8ClN3O3S/c14-13-15-5-8(21-13)6-17-10-3-1-2-4-16(10)11(19)9(7-18)12(17)20/h1-5,7H,6H2. The molecule has 3 aromatic rings. The first-order chi connectivity index (χ1) is 10.1. The summed E-state index contributed by atoms with van der Waals surface area (Å²) in [7, 11) is 0. The third kappa shape index (κ3) is 2.30. The third-order valence-corrected chi connectivity index (χ3v) is 4.10. The van der Waals surface area contributed by atoms with Crippen molar-refractivity contribution in [3.8, 4) is 5.88 Å². The lowest BCUT2D eigenvalue weighted by Crippen LogP contribution is -2.45. The van der Waals surface area contributed by atoms with E-state index >= 15 is 0 Å². The molecule has 0 fully saturated rings. The summed E-state index contributed by atoms with van der Waals surface area (Å²) in [5.74, 6) is -0.620. The summed E-state index contributed by atoms with van der Waals surface area (Å²) in [6.07, 6.45) is 3.37. The lowest BCUT2D eigenvalue weighted by atomic mass is 10.3. The maximum atomic E-state index is 12.3. The van der Waals surface area contributed by atoms with E-state index < -0.39 is 17.0 Å². The maximum absolute atomic E-state index is 12.3. The number of nitrogens with zero attached hydrogens (tertiary/aromatic N) is 3. The van der Waals surface area contributed by atoms with E-state index in [9.17, 15) is 14.7 Å². The molecule has 8 heteroatoms. The number of hydrogen-bond acceptors (Lipinski definition) is 5. The van der Waals surface area contributed by atoms with E-state index in [1.54, 1.807) is 24.4 Å². The summed E-state index contributed by atoms with van der Waals surface area (Å²) in [6.45, 7) is 0.192. The summed E-state index contributed by atoms with van der Waals surface area (Å²) >= 11 is 7.01. The maximum Gasteiger partial charge on any atom is 0.352 e. The van der Waals surface area contributed by atoms with E-state index in [1.807, 2.05) is 0 Å². The van der Waals surface area contributed by atoms with Crippen molar-refractivity contribution in [2.24, 2.45) is 0 Å². The van der Waals surface area contributed by atoms with E-state index in [-0.39, 0.29) is 6.54 Å². The van der Waals surface area contributed by atoms with Gasteiger partial charge in [0.05, 0.1) is 17.0 Å². The van der Waals surface area contributed by atoms with Gasteiger partial charge in [0.2, 0.25) is 0 Å². The number of thiazole rings is 1. The van der Waals surface area contributed by atoms with Crippen molar-refractivity contribution in [1.82, 2.24) is 9.38 Å². The molecule has 0 N–H and O–H groups in total. The van der Waals surface area contributed by atoms with Crippen LogP contribution in [0, 0.1) is 0 Å². The van der Waals surface area contributed by atoms with Crippen molar-refractivity contribution in [2.75, 3.05) is 0 Å². The Kier molecular flexibility index (Phi) is 3.44. The summed E-state index contributed by atoms with van der Waals surface area (Å²) < 4.78 is 2.99. The highest BCUT2D eigenvalue weighted by atomic mass is 35.5. The molecule has 0 bridgehead atoms.